The fraction of sp³-hybridized carbons (Fsp3) is 0.562. The van der Waals surface area contributed by atoms with E-state index in [0.29, 0.717) is 17.8 Å². The standard InChI is InChI=1S/C16H22N2O3/c1-10(19)11-7-12-13(17-8-11)16(5,6)9-18(12)14(20)21-15(2,3)4/h7-8H,9H2,1-6H3. The van der Waals surface area contributed by atoms with Gasteiger partial charge in [-0.05, 0) is 33.8 Å². The highest BCUT2D eigenvalue weighted by Crippen LogP contribution is 2.40. The van der Waals surface area contributed by atoms with Crippen LogP contribution in [0.1, 0.15) is 57.6 Å². The first-order chi connectivity index (χ1) is 9.51. The maximum Gasteiger partial charge on any atom is 0.414 e. The van der Waals surface area contributed by atoms with E-state index in [0.717, 1.165) is 5.69 Å². The van der Waals surface area contributed by atoms with E-state index in [-0.39, 0.29) is 11.2 Å². The molecule has 2 heterocycles. The minimum absolute atomic E-state index is 0.0702. The van der Waals surface area contributed by atoms with Crippen molar-refractivity contribution in [3.8, 4) is 0 Å². The Labute approximate surface area is 125 Å². The molecule has 2 rings (SSSR count). The molecule has 5 heteroatoms. The Balaban J connectivity index is 2.43. The first-order valence-corrected chi connectivity index (χ1v) is 7.03. The molecule has 0 aromatic carbocycles. The number of fused-ring (bicyclic) bond motifs is 1. The van der Waals surface area contributed by atoms with E-state index in [4.69, 9.17) is 4.74 Å². The average Bonchev–Trinajstić information content (AvgIpc) is 2.59. The number of aromatic nitrogens is 1. The number of hydrogen-bond acceptors (Lipinski definition) is 4. The number of carbonyl (C=O) groups excluding carboxylic acids is 2. The van der Waals surface area contributed by atoms with Crippen LogP contribution in [0, 0.1) is 0 Å². The molecule has 1 aliphatic heterocycles. The molecule has 0 atom stereocenters. The van der Waals surface area contributed by atoms with Crippen molar-refractivity contribution in [3.05, 3.63) is 23.5 Å². The minimum Gasteiger partial charge on any atom is -0.443 e. The van der Waals surface area contributed by atoms with Gasteiger partial charge in [-0.3, -0.25) is 14.7 Å². The third kappa shape index (κ3) is 3.06. The van der Waals surface area contributed by atoms with Crippen molar-refractivity contribution in [1.29, 1.82) is 0 Å². The van der Waals surface area contributed by atoms with Crippen molar-refractivity contribution in [1.82, 2.24) is 4.98 Å². The van der Waals surface area contributed by atoms with Crippen molar-refractivity contribution >= 4 is 17.6 Å². The molecule has 0 unspecified atom stereocenters. The molecule has 114 valence electrons. The predicted molar refractivity (Wildman–Crippen MR) is 80.8 cm³/mol. The van der Waals surface area contributed by atoms with Crippen LogP contribution in [0.15, 0.2) is 12.3 Å². The molecule has 0 saturated heterocycles. The van der Waals surface area contributed by atoms with Crippen molar-refractivity contribution < 1.29 is 14.3 Å². The molecule has 5 nitrogen and oxygen atoms in total. The molecule has 0 N–H and O–H groups in total. The number of rotatable bonds is 1. The summed E-state index contributed by atoms with van der Waals surface area (Å²) < 4.78 is 5.45. The molecule has 1 aromatic heterocycles. The van der Waals surface area contributed by atoms with Gasteiger partial charge in [0.15, 0.2) is 5.78 Å². The molecular formula is C16H22N2O3. The summed E-state index contributed by atoms with van der Waals surface area (Å²) in [4.78, 5) is 29.9. The number of nitrogens with zero attached hydrogens (tertiary/aromatic N) is 2. The van der Waals surface area contributed by atoms with E-state index < -0.39 is 11.7 Å². The van der Waals surface area contributed by atoms with Crippen molar-refractivity contribution in [2.24, 2.45) is 0 Å². The first kappa shape index (κ1) is 15.5. The van der Waals surface area contributed by atoms with Gasteiger partial charge in [0.1, 0.15) is 5.60 Å². The summed E-state index contributed by atoms with van der Waals surface area (Å²) in [5, 5.41) is 0. The van der Waals surface area contributed by atoms with Crippen LogP contribution < -0.4 is 4.90 Å². The lowest BCUT2D eigenvalue weighted by molar-refractivity contribution is 0.0579. The number of hydrogen-bond donors (Lipinski definition) is 0. The van der Waals surface area contributed by atoms with Crippen LogP contribution in [-0.2, 0) is 10.2 Å². The molecule has 1 aliphatic rings. The van der Waals surface area contributed by atoms with Gasteiger partial charge in [-0.25, -0.2) is 4.79 Å². The number of anilines is 1. The van der Waals surface area contributed by atoms with E-state index >= 15 is 0 Å². The summed E-state index contributed by atoms with van der Waals surface area (Å²) >= 11 is 0. The minimum atomic E-state index is -0.560. The van der Waals surface area contributed by atoms with E-state index in [2.05, 4.69) is 4.98 Å². The second-order valence-electron chi connectivity index (χ2n) is 7.10. The molecule has 1 amide bonds. The van der Waals surface area contributed by atoms with Crippen LogP contribution in [0.5, 0.6) is 0 Å². The third-order valence-electron chi connectivity index (χ3n) is 3.37. The van der Waals surface area contributed by atoms with Crippen LogP contribution in [-0.4, -0.2) is 29.0 Å². The fourth-order valence-corrected chi connectivity index (χ4v) is 2.41. The summed E-state index contributed by atoms with van der Waals surface area (Å²) in [7, 11) is 0. The van der Waals surface area contributed by atoms with E-state index in [1.165, 1.54) is 6.92 Å². The monoisotopic (exact) mass is 290 g/mol. The number of pyridine rings is 1. The second-order valence-corrected chi connectivity index (χ2v) is 7.10. The lowest BCUT2D eigenvalue weighted by atomic mass is 9.91. The molecule has 21 heavy (non-hydrogen) atoms. The normalized spacial score (nSPS) is 16.6. The number of carbonyl (C=O) groups is 2. The summed E-state index contributed by atoms with van der Waals surface area (Å²) in [5.74, 6) is -0.0702. The highest BCUT2D eigenvalue weighted by Gasteiger charge is 2.41. The highest BCUT2D eigenvalue weighted by molar-refractivity contribution is 5.97. The van der Waals surface area contributed by atoms with Gasteiger partial charge in [-0.1, -0.05) is 13.8 Å². The molecule has 0 fully saturated rings. The van der Waals surface area contributed by atoms with Crippen LogP contribution in [0.4, 0.5) is 10.5 Å². The number of ketones is 1. The third-order valence-corrected chi connectivity index (χ3v) is 3.37. The molecule has 0 saturated carbocycles. The summed E-state index contributed by atoms with van der Waals surface area (Å²) in [6, 6.07) is 1.73. The summed E-state index contributed by atoms with van der Waals surface area (Å²) in [6.07, 6.45) is 1.17. The molecule has 0 spiro atoms. The first-order valence-electron chi connectivity index (χ1n) is 7.03. The van der Waals surface area contributed by atoms with E-state index in [1.54, 1.807) is 17.2 Å². The average molecular weight is 290 g/mol. The fourth-order valence-electron chi connectivity index (χ4n) is 2.41. The van der Waals surface area contributed by atoms with E-state index in [9.17, 15) is 9.59 Å². The smallest absolute Gasteiger partial charge is 0.414 e. The molecule has 0 bridgehead atoms. The van der Waals surface area contributed by atoms with Crippen molar-refractivity contribution in [2.45, 2.75) is 52.6 Å². The molecule has 0 radical (unpaired) electrons. The maximum atomic E-state index is 12.4. The van der Waals surface area contributed by atoms with E-state index in [1.807, 2.05) is 34.6 Å². The zero-order valence-electron chi connectivity index (χ0n) is 13.5. The maximum absolute atomic E-state index is 12.4. The van der Waals surface area contributed by atoms with Gasteiger partial charge in [-0.2, -0.15) is 0 Å². The quantitative estimate of drug-likeness (QED) is 0.744. The van der Waals surface area contributed by atoms with Gasteiger partial charge in [0.2, 0.25) is 0 Å². The van der Waals surface area contributed by atoms with Crippen molar-refractivity contribution in [3.63, 3.8) is 0 Å². The lowest BCUT2D eigenvalue weighted by Gasteiger charge is -2.25. The number of ether oxygens (including phenoxy) is 1. The predicted octanol–water partition coefficient (Wildman–Crippen LogP) is 3.32. The van der Waals surface area contributed by atoms with Gasteiger partial charge < -0.3 is 4.74 Å². The Morgan fingerprint density at radius 1 is 1.33 bits per heavy atom. The number of Topliss-reactive ketones (excluding diaryl/α,β-unsaturated/α-hetero) is 1. The summed E-state index contributed by atoms with van der Waals surface area (Å²) in [6.45, 7) is 11.5. The van der Waals surface area contributed by atoms with Gasteiger partial charge in [0.25, 0.3) is 0 Å². The largest absolute Gasteiger partial charge is 0.443 e. The highest BCUT2D eigenvalue weighted by atomic mass is 16.6. The Morgan fingerprint density at radius 2 is 1.95 bits per heavy atom. The van der Waals surface area contributed by atoms with Crippen LogP contribution in [0.25, 0.3) is 0 Å². The molecule has 1 aromatic rings. The molecular weight excluding hydrogens is 268 g/mol. The van der Waals surface area contributed by atoms with Gasteiger partial charge in [0, 0.05) is 23.7 Å². The van der Waals surface area contributed by atoms with Crippen molar-refractivity contribution in [2.75, 3.05) is 11.4 Å². The Hall–Kier alpha value is -1.91. The van der Waals surface area contributed by atoms with Crippen LogP contribution in [0.2, 0.25) is 0 Å². The zero-order chi connectivity index (χ0) is 16.0. The Morgan fingerprint density at radius 3 is 2.48 bits per heavy atom. The van der Waals surface area contributed by atoms with Gasteiger partial charge in [0.05, 0.1) is 11.4 Å². The Bertz CT molecular complexity index is 600. The van der Waals surface area contributed by atoms with Crippen LogP contribution >= 0.6 is 0 Å². The zero-order valence-corrected chi connectivity index (χ0v) is 13.5. The van der Waals surface area contributed by atoms with Gasteiger partial charge >= 0.3 is 6.09 Å². The molecule has 0 aliphatic carbocycles. The summed E-state index contributed by atoms with van der Waals surface area (Å²) in [5.41, 5.74) is 1.16. The van der Waals surface area contributed by atoms with Crippen LogP contribution in [0.3, 0.4) is 0 Å². The lowest BCUT2D eigenvalue weighted by Crippen LogP contribution is -2.38. The topological polar surface area (TPSA) is 59.5 Å². The van der Waals surface area contributed by atoms with Gasteiger partial charge in [-0.15, -0.1) is 0 Å². The number of amides is 1. The Kier molecular flexibility index (Phi) is 3.56. The second kappa shape index (κ2) is 4.83. The SMILES string of the molecule is CC(=O)c1cnc2c(c1)N(C(=O)OC(C)(C)C)CC2(C)C.